The Kier molecular flexibility index (Phi) is 7.91. The van der Waals surface area contributed by atoms with E-state index < -0.39 is 23.7 Å². The number of hydrogen-bond donors (Lipinski definition) is 1. The number of thiazole rings is 1. The van der Waals surface area contributed by atoms with E-state index in [4.69, 9.17) is 9.15 Å². The first-order chi connectivity index (χ1) is 21.3. The van der Waals surface area contributed by atoms with Crippen molar-refractivity contribution in [2.24, 2.45) is 4.99 Å². The highest BCUT2D eigenvalue weighted by Gasteiger charge is 2.32. The number of nitrogens with one attached hydrogen (secondary N) is 1. The Morgan fingerprint density at radius 3 is 2.45 bits per heavy atom. The lowest BCUT2D eigenvalue weighted by Gasteiger charge is -2.25. The molecular formula is C34H26FN3O5S. The minimum Gasteiger partial charge on any atom is -0.462 e. The van der Waals surface area contributed by atoms with Gasteiger partial charge in [0.25, 0.3) is 11.5 Å². The van der Waals surface area contributed by atoms with E-state index in [2.05, 4.69) is 10.3 Å². The molecule has 1 atom stereocenters. The molecule has 3 aromatic carbocycles. The van der Waals surface area contributed by atoms with Crippen molar-refractivity contribution in [3.63, 3.8) is 0 Å². The van der Waals surface area contributed by atoms with Gasteiger partial charge in [0.15, 0.2) is 4.80 Å². The van der Waals surface area contributed by atoms with E-state index in [-0.39, 0.29) is 11.1 Å². The molecule has 6 rings (SSSR count). The van der Waals surface area contributed by atoms with Crippen LogP contribution in [-0.4, -0.2) is 23.1 Å². The maximum atomic E-state index is 13.9. The van der Waals surface area contributed by atoms with E-state index in [1.807, 2.05) is 18.2 Å². The maximum absolute atomic E-state index is 13.9. The van der Waals surface area contributed by atoms with Gasteiger partial charge in [-0.2, -0.15) is 0 Å². The highest BCUT2D eigenvalue weighted by Crippen LogP contribution is 2.31. The van der Waals surface area contributed by atoms with E-state index in [0.717, 1.165) is 5.56 Å². The lowest BCUT2D eigenvalue weighted by atomic mass is 9.95. The molecule has 1 amide bonds. The number of carbonyl (C=O) groups excluding carboxylic acids is 2. The first kappa shape index (κ1) is 28.8. The van der Waals surface area contributed by atoms with Gasteiger partial charge in [-0.05, 0) is 67.9 Å². The molecule has 1 N–H and O–H groups in total. The predicted molar refractivity (Wildman–Crippen MR) is 165 cm³/mol. The standard InChI is InChI=1S/C34H26FN3O5S/c1-3-42-33(41)23-11-9-21(10-12-23)27-18-17-26(43-27)19-28-32(40)38-30(22-13-15-24(35)16-14-22)29(20(2)36-34(38)44-28)31(39)37-25-7-5-4-6-8-25/h4-19,30H,3H2,1-2H3,(H,37,39)/b28-19-. The number of para-hydroxylation sites is 1. The van der Waals surface area contributed by atoms with E-state index in [1.54, 1.807) is 80.6 Å². The molecule has 0 spiro atoms. The summed E-state index contributed by atoms with van der Waals surface area (Å²) in [5, 5.41) is 2.89. The van der Waals surface area contributed by atoms with Crippen molar-refractivity contribution in [3.8, 4) is 11.3 Å². The Morgan fingerprint density at radius 2 is 1.75 bits per heavy atom. The number of anilines is 1. The van der Waals surface area contributed by atoms with Crippen LogP contribution in [0.3, 0.4) is 0 Å². The lowest BCUT2D eigenvalue weighted by Crippen LogP contribution is -2.40. The van der Waals surface area contributed by atoms with Crippen LogP contribution in [0.5, 0.6) is 0 Å². The van der Waals surface area contributed by atoms with Gasteiger partial charge < -0.3 is 14.5 Å². The van der Waals surface area contributed by atoms with Crippen molar-refractivity contribution in [3.05, 3.63) is 145 Å². The van der Waals surface area contributed by atoms with Crippen LogP contribution in [0.4, 0.5) is 10.1 Å². The fourth-order valence-corrected chi connectivity index (χ4v) is 6.02. The minimum absolute atomic E-state index is 0.283. The molecule has 1 aliphatic rings. The zero-order chi connectivity index (χ0) is 30.8. The van der Waals surface area contributed by atoms with Crippen molar-refractivity contribution >= 4 is 35.0 Å². The molecule has 8 nitrogen and oxygen atoms in total. The zero-order valence-electron chi connectivity index (χ0n) is 23.7. The van der Waals surface area contributed by atoms with Gasteiger partial charge in [-0.25, -0.2) is 14.2 Å². The van der Waals surface area contributed by atoms with Gasteiger partial charge in [-0.15, -0.1) is 0 Å². The molecule has 5 aromatic rings. The molecule has 3 heterocycles. The Morgan fingerprint density at radius 1 is 1.02 bits per heavy atom. The van der Waals surface area contributed by atoms with Crippen molar-refractivity contribution < 1.29 is 23.1 Å². The number of nitrogens with zero attached hydrogens (tertiary/aromatic N) is 2. The van der Waals surface area contributed by atoms with Gasteiger partial charge in [-0.3, -0.25) is 14.2 Å². The number of halogens is 1. The molecule has 0 saturated heterocycles. The van der Waals surface area contributed by atoms with Crippen LogP contribution in [0.2, 0.25) is 0 Å². The number of esters is 1. The van der Waals surface area contributed by atoms with Gasteiger partial charge in [0.2, 0.25) is 0 Å². The summed E-state index contributed by atoms with van der Waals surface area (Å²) < 4.78 is 26.8. The minimum atomic E-state index is -0.831. The number of rotatable bonds is 7. The van der Waals surface area contributed by atoms with Gasteiger partial charge in [-0.1, -0.05) is 53.8 Å². The fraction of sp³-hybridized carbons (Fsp3) is 0.118. The molecule has 0 fully saturated rings. The third-order valence-electron chi connectivity index (χ3n) is 7.06. The monoisotopic (exact) mass is 607 g/mol. The van der Waals surface area contributed by atoms with Crippen molar-refractivity contribution in [1.29, 1.82) is 0 Å². The van der Waals surface area contributed by atoms with Crippen molar-refractivity contribution in [1.82, 2.24) is 4.57 Å². The number of aromatic nitrogens is 1. The maximum Gasteiger partial charge on any atom is 0.338 e. The summed E-state index contributed by atoms with van der Waals surface area (Å²) in [5.74, 6) is -0.244. The summed E-state index contributed by atoms with van der Waals surface area (Å²) in [6, 6.07) is 24.3. The molecule has 2 aromatic heterocycles. The number of furan rings is 1. The van der Waals surface area contributed by atoms with Gasteiger partial charge in [0.05, 0.1) is 34.0 Å². The molecule has 220 valence electrons. The molecular weight excluding hydrogens is 581 g/mol. The van der Waals surface area contributed by atoms with Gasteiger partial charge >= 0.3 is 5.97 Å². The summed E-state index contributed by atoms with van der Waals surface area (Å²) >= 11 is 1.17. The Hall–Kier alpha value is -5.35. The zero-order valence-corrected chi connectivity index (χ0v) is 24.6. The molecule has 0 aliphatic carbocycles. The number of carbonyl (C=O) groups is 2. The Balaban J connectivity index is 1.38. The van der Waals surface area contributed by atoms with Crippen LogP contribution in [0, 0.1) is 5.82 Å². The summed E-state index contributed by atoms with van der Waals surface area (Å²) in [5.41, 5.74) is 2.72. The van der Waals surface area contributed by atoms with Gasteiger partial charge in [0.1, 0.15) is 17.3 Å². The third kappa shape index (κ3) is 5.67. The second-order valence-corrected chi connectivity index (χ2v) is 11.0. The van der Waals surface area contributed by atoms with Crippen molar-refractivity contribution in [2.75, 3.05) is 11.9 Å². The number of ether oxygens (including phenoxy) is 1. The van der Waals surface area contributed by atoms with E-state index in [0.29, 0.717) is 50.0 Å². The van der Waals surface area contributed by atoms with Crippen LogP contribution in [0.25, 0.3) is 17.4 Å². The highest BCUT2D eigenvalue weighted by molar-refractivity contribution is 7.07. The second-order valence-electron chi connectivity index (χ2n) is 9.95. The average Bonchev–Trinajstić information content (AvgIpc) is 3.61. The summed E-state index contributed by atoms with van der Waals surface area (Å²) in [6.07, 6.45) is 1.63. The molecule has 0 saturated carbocycles. The van der Waals surface area contributed by atoms with Crippen molar-refractivity contribution in [2.45, 2.75) is 19.9 Å². The normalized spacial score (nSPS) is 14.6. The largest absolute Gasteiger partial charge is 0.462 e. The van der Waals surface area contributed by atoms with Crippen LogP contribution >= 0.6 is 11.3 Å². The molecule has 0 bridgehead atoms. The highest BCUT2D eigenvalue weighted by atomic mass is 32.1. The number of fused-ring (bicyclic) bond motifs is 1. The molecule has 10 heteroatoms. The first-order valence-electron chi connectivity index (χ1n) is 13.8. The lowest BCUT2D eigenvalue weighted by molar-refractivity contribution is -0.113. The van der Waals surface area contributed by atoms with E-state index >= 15 is 0 Å². The Bertz CT molecular complexity index is 2080. The first-order valence-corrected chi connectivity index (χ1v) is 14.7. The number of allylic oxidation sites excluding steroid dienone is 1. The number of amides is 1. The van der Waals surface area contributed by atoms with Crippen LogP contribution in [0.15, 0.2) is 116 Å². The quantitative estimate of drug-likeness (QED) is 0.248. The average molecular weight is 608 g/mol. The topological polar surface area (TPSA) is 103 Å². The molecule has 44 heavy (non-hydrogen) atoms. The summed E-state index contributed by atoms with van der Waals surface area (Å²) in [6.45, 7) is 3.76. The SMILES string of the molecule is CCOC(=O)c1ccc(-c2ccc(/C=c3\sc4n(c3=O)C(c3ccc(F)cc3)C(C(=O)Nc3ccccc3)=C(C)N=4)o2)cc1. The molecule has 1 aliphatic heterocycles. The second kappa shape index (κ2) is 12.1. The fourth-order valence-electron chi connectivity index (χ4n) is 4.99. The van der Waals surface area contributed by atoms with Crippen LogP contribution < -0.4 is 20.2 Å². The molecule has 1 unspecified atom stereocenters. The Labute approximate surface area is 255 Å². The van der Waals surface area contributed by atoms with Crippen LogP contribution in [-0.2, 0) is 9.53 Å². The summed E-state index contributed by atoms with van der Waals surface area (Å²) in [4.78, 5) is 44.5. The van der Waals surface area contributed by atoms with E-state index in [9.17, 15) is 18.8 Å². The summed E-state index contributed by atoms with van der Waals surface area (Å²) in [7, 11) is 0. The number of hydrogen-bond acceptors (Lipinski definition) is 7. The third-order valence-corrected chi connectivity index (χ3v) is 8.05. The van der Waals surface area contributed by atoms with E-state index in [1.165, 1.54) is 28.0 Å². The van der Waals surface area contributed by atoms with Gasteiger partial charge in [0, 0.05) is 17.3 Å². The van der Waals surface area contributed by atoms with Crippen LogP contribution in [0.1, 0.15) is 41.6 Å². The number of benzene rings is 3. The molecule has 0 radical (unpaired) electrons. The smallest absolute Gasteiger partial charge is 0.338 e. The predicted octanol–water partition coefficient (Wildman–Crippen LogP) is 5.45.